The van der Waals surface area contributed by atoms with E-state index in [1.165, 1.54) is 200 Å². The molecule has 8 bridgehead atoms. The van der Waals surface area contributed by atoms with Gasteiger partial charge in [0.1, 0.15) is 0 Å². The van der Waals surface area contributed by atoms with E-state index in [9.17, 15) is 0 Å². The molecule has 2 aliphatic heterocycles. The molecule has 0 radical (unpaired) electrons. The zero-order valence-electron chi connectivity index (χ0n) is 49.2. The van der Waals surface area contributed by atoms with Gasteiger partial charge in [-0.3, -0.25) is 0 Å². The van der Waals surface area contributed by atoms with Gasteiger partial charge in [0.15, 0.2) is 0 Å². The van der Waals surface area contributed by atoms with Gasteiger partial charge in [-0.2, -0.15) is 0 Å². The lowest BCUT2D eigenvalue weighted by Crippen LogP contribution is -2.57. The van der Waals surface area contributed by atoms with Crippen molar-refractivity contribution >= 4 is 73.7 Å². The van der Waals surface area contributed by atoms with E-state index in [-0.39, 0.29) is 23.1 Å². The summed E-state index contributed by atoms with van der Waals surface area (Å²) < 4.78 is 2.92. The number of hydrogen-bond donors (Lipinski definition) is 0. The number of aromatic nitrogens is 1. The molecule has 10 aliphatic carbocycles. The highest BCUT2D eigenvalue weighted by molar-refractivity contribution is 6.90. The van der Waals surface area contributed by atoms with E-state index in [4.69, 9.17) is 0 Å². The van der Waals surface area contributed by atoms with Crippen molar-refractivity contribution in [1.29, 1.82) is 0 Å². The number of hydrogen-bond acceptors (Lipinski definition) is 2. The lowest BCUT2D eigenvalue weighted by Gasteiger charge is -2.57. The van der Waals surface area contributed by atoms with Crippen LogP contribution in [0.3, 0.4) is 0 Å². The second-order valence-corrected chi connectivity index (χ2v) is 30.1. The van der Waals surface area contributed by atoms with E-state index in [0.717, 1.165) is 35.5 Å². The Morgan fingerprint density at radius 2 is 0.917 bits per heavy atom. The lowest BCUT2D eigenvalue weighted by atomic mass is 9.44. The third-order valence-electron chi connectivity index (χ3n) is 24.8. The summed E-state index contributed by atoms with van der Waals surface area (Å²) in [7, 11) is 0. The van der Waals surface area contributed by atoms with Crippen LogP contribution in [0.1, 0.15) is 138 Å². The van der Waals surface area contributed by atoms with Crippen LogP contribution in [0.5, 0.6) is 0 Å². The Kier molecular flexibility index (Phi) is 9.24. The summed E-state index contributed by atoms with van der Waals surface area (Å²) in [6, 6.07) is 72.8. The second kappa shape index (κ2) is 16.2. The first-order chi connectivity index (χ1) is 41.0. The Morgan fingerprint density at radius 1 is 0.393 bits per heavy atom. The molecule has 1 aromatic heterocycles. The van der Waals surface area contributed by atoms with Gasteiger partial charge in [0.2, 0.25) is 0 Å². The number of para-hydroxylation sites is 2. The molecule has 4 heteroatoms. The minimum absolute atomic E-state index is 0.0690. The van der Waals surface area contributed by atoms with Crippen LogP contribution in [-0.2, 0) is 21.7 Å². The van der Waals surface area contributed by atoms with Gasteiger partial charge >= 0.3 is 6.85 Å². The second-order valence-electron chi connectivity index (χ2n) is 30.1. The normalized spacial score (nSPS) is 27.4. The Balaban J connectivity index is 0.923. The van der Waals surface area contributed by atoms with Crippen LogP contribution in [0.25, 0.3) is 55.2 Å². The number of anilines is 6. The minimum atomic E-state index is -0.172. The zero-order valence-corrected chi connectivity index (χ0v) is 49.2. The molecule has 10 aromatic rings. The maximum absolute atomic E-state index is 2.92. The molecule has 9 aromatic carbocycles. The smallest absolute Gasteiger partial charge is 0.333 e. The van der Waals surface area contributed by atoms with Crippen LogP contribution in [0.2, 0.25) is 0 Å². The van der Waals surface area contributed by atoms with Gasteiger partial charge in [-0.05, 0) is 274 Å². The van der Waals surface area contributed by atoms with E-state index in [0.29, 0.717) is 5.41 Å². The predicted octanol–water partition coefficient (Wildman–Crippen LogP) is 19.2. The van der Waals surface area contributed by atoms with E-state index in [1.54, 1.807) is 11.1 Å². The Bertz CT molecular complexity index is 4430. The maximum atomic E-state index is 2.92. The molecule has 12 aliphatic rings. The number of rotatable bonds is 6. The molecule has 22 rings (SSSR count). The van der Waals surface area contributed by atoms with Gasteiger partial charge in [0.25, 0.3) is 0 Å². The molecule has 8 fully saturated rings. The topological polar surface area (TPSA) is 11.4 Å². The quantitative estimate of drug-likeness (QED) is 0.154. The summed E-state index contributed by atoms with van der Waals surface area (Å²) in [5, 5.41) is 2.99. The molecule has 3 nitrogen and oxygen atoms in total. The molecule has 0 saturated heterocycles. The largest absolute Gasteiger partial charge is 0.375 e. The molecule has 0 amide bonds. The maximum Gasteiger partial charge on any atom is 0.333 e. The van der Waals surface area contributed by atoms with Crippen LogP contribution in [0.4, 0.5) is 34.1 Å². The van der Waals surface area contributed by atoms with Crippen molar-refractivity contribution in [3.63, 3.8) is 0 Å². The summed E-state index contributed by atoms with van der Waals surface area (Å²) in [5.41, 5.74) is 30.4. The highest BCUT2D eigenvalue weighted by Crippen LogP contribution is 2.64. The Morgan fingerprint density at radius 3 is 1.52 bits per heavy atom. The first-order valence-electron chi connectivity index (χ1n) is 32.5. The first-order valence-corrected chi connectivity index (χ1v) is 32.5. The Hall–Kier alpha value is -7.56. The average molecular weight is 1090 g/mol. The zero-order chi connectivity index (χ0) is 55.3. The third-order valence-corrected chi connectivity index (χ3v) is 24.8. The van der Waals surface area contributed by atoms with Crippen LogP contribution in [-0.4, -0.2) is 11.3 Å². The molecule has 0 unspecified atom stereocenters. The Labute approximate surface area is 495 Å². The number of nitrogens with zero attached hydrogens (tertiary/aromatic N) is 3. The molecule has 0 N–H and O–H groups in total. The van der Waals surface area contributed by atoms with Crippen LogP contribution >= 0.6 is 0 Å². The van der Waals surface area contributed by atoms with E-state index in [2.05, 4.69) is 224 Å². The van der Waals surface area contributed by atoms with Gasteiger partial charge in [0.05, 0.1) is 0 Å². The number of benzene rings is 9. The highest BCUT2D eigenvalue weighted by Gasteiger charge is 2.55. The van der Waals surface area contributed by atoms with Crippen LogP contribution in [0.15, 0.2) is 182 Å². The monoisotopic (exact) mass is 1090 g/mol. The van der Waals surface area contributed by atoms with Crippen molar-refractivity contribution in [3.05, 3.63) is 215 Å². The molecule has 410 valence electrons. The fourth-order valence-electron chi connectivity index (χ4n) is 22.1. The van der Waals surface area contributed by atoms with Crippen molar-refractivity contribution in [2.24, 2.45) is 35.5 Å². The third kappa shape index (κ3) is 6.20. The first kappa shape index (κ1) is 47.8. The van der Waals surface area contributed by atoms with Crippen molar-refractivity contribution < 1.29 is 0 Å². The molecular weight excluding hydrogens is 1010 g/mol. The molecule has 0 spiro atoms. The fraction of sp³-hybridized carbons (Fsp3) is 0.325. The predicted molar refractivity (Wildman–Crippen MR) is 349 cm³/mol. The van der Waals surface area contributed by atoms with Crippen molar-refractivity contribution in [3.8, 4) is 33.4 Å². The lowest BCUT2D eigenvalue weighted by molar-refractivity contribution is -0.00527. The van der Waals surface area contributed by atoms with E-state index < -0.39 is 0 Å². The number of fused-ring (bicyclic) bond motifs is 13. The SMILES string of the molecule is CC1(C)c2ccccc2-c2ccc(N3c4cc5c(cc4B4c6c(cc(N(c7ccccc7)c7ccccc7)cc63)-c3cc(C67CC8CC(CC(C8)C6)C7)cc6c7cc(C89CC%10CC(CC(C%10)C8)C9)ccc7n4c36)C(C)(C)c3ccccc3-5)cc21. The molecule has 84 heavy (non-hydrogen) atoms. The van der Waals surface area contributed by atoms with Crippen molar-refractivity contribution in [2.45, 2.75) is 126 Å². The summed E-state index contributed by atoms with van der Waals surface area (Å²) in [5.74, 6) is 5.23. The van der Waals surface area contributed by atoms with Gasteiger partial charge < -0.3 is 14.3 Å². The van der Waals surface area contributed by atoms with Crippen molar-refractivity contribution in [2.75, 3.05) is 9.80 Å². The van der Waals surface area contributed by atoms with Gasteiger partial charge in [-0.1, -0.05) is 131 Å². The summed E-state index contributed by atoms with van der Waals surface area (Å²) in [6.45, 7) is 9.79. The minimum Gasteiger partial charge on any atom is -0.375 e. The summed E-state index contributed by atoms with van der Waals surface area (Å²) >= 11 is 0. The standard InChI is InChI=1S/C80H72BN3/c1-77(2)67-21-13-11-19-59(67)61-25-24-57(37-69(61)77)83-73-39-62-60-20-12-14-22-68(60)78(3,4)70(62)40-71(73)81-75-64(36-58(38-74(75)83)82(55-15-7-5-8-16-55)56-17-9-6-10-18-56)66-35-54(80-44-50-30-51(45-80)32-52(31-50)46-80)34-65-63-33-53(23-26-72(63)84(81)76(65)66)79-41-47-27-48(42-79)29-49(28-47)43-79/h5-26,33-40,47-52H,27-32,41-46H2,1-4H3. The summed E-state index contributed by atoms with van der Waals surface area (Å²) in [6.07, 6.45) is 16.9. The van der Waals surface area contributed by atoms with Crippen LogP contribution < -0.4 is 20.7 Å². The van der Waals surface area contributed by atoms with E-state index >= 15 is 0 Å². The molecule has 8 saturated carbocycles. The summed E-state index contributed by atoms with van der Waals surface area (Å²) in [4.78, 5) is 5.29. The fourth-order valence-corrected chi connectivity index (χ4v) is 22.1. The molecule has 0 atom stereocenters. The molecule has 3 heterocycles. The van der Waals surface area contributed by atoms with Gasteiger partial charge in [-0.25, -0.2) is 0 Å². The molecular formula is C80H72BN3. The van der Waals surface area contributed by atoms with Crippen LogP contribution in [0, 0.1) is 35.5 Å². The average Bonchev–Trinajstić information content (AvgIpc) is 1.41. The van der Waals surface area contributed by atoms with E-state index in [1.807, 2.05) is 0 Å². The van der Waals surface area contributed by atoms with Crippen molar-refractivity contribution in [1.82, 2.24) is 4.48 Å². The van der Waals surface area contributed by atoms with Gasteiger partial charge in [-0.15, -0.1) is 0 Å². The highest BCUT2D eigenvalue weighted by atomic mass is 15.2. The van der Waals surface area contributed by atoms with Gasteiger partial charge in [0, 0.05) is 72.3 Å².